The maximum atomic E-state index is 12.3. The van der Waals surface area contributed by atoms with E-state index >= 15 is 0 Å². The number of hydrogen-bond acceptors (Lipinski definition) is 9. The fourth-order valence-corrected chi connectivity index (χ4v) is 4.92. The summed E-state index contributed by atoms with van der Waals surface area (Å²) < 4.78 is 0. The second-order valence-electron chi connectivity index (χ2n) is 6.29. The molecule has 0 aliphatic carbocycles. The molecule has 158 valence electrons. The highest BCUT2D eigenvalue weighted by Crippen LogP contribution is 2.39. The molecule has 0 fully saturated rings. The van der Waals surface area contributed by atoms with E-state index in [1.807, 2.05) is 0 Å². The van der Waals surface area contributed by atoms with Gasteiger partial charge in [-0.05, 0) is 43.1 Å². The SMILES string of the molecule is CSCCC(N)(C(=O)O)C(CSC)C(N)(C(=O)O)C(N)(CCSC)C(=O)O. The van der Waals surface area contributed by atoms with Gasteiger partial charge >= 0.3 is 17.9 Å². The van der Waals surface area contributed by atoms with Gasteiger partial charge in [0.25, 0.3) is 0 Å². The molecule has 4 atom stereocenters. The van der Waals surface area contributed by atoms with Crippen molar-refractivity contribution in [2.45, 2.75) is 29.5 Å². The van der Waals surface area contributed by atoms with Gasteiger partial charge < -0.3 is 32.5 Å². The Morgan fingerprint density at radius 2 is 1.30 bits per heavy atom. The molecule has 0 saturated heterocycles. The van der Waals surface area contributed by atoms with Gasteiger partial charge in [-0.1, -0.05) is 0 Å². The normalized spacial score (nSPS) is 19.3. The van der Waals surface area contributed by atoms with Crippen LogP contribution in [0.4, 0.5) is 0 Å². The van der Waals surface area contributed by atoms with Crippen LogP contribution in [0.15, 0.2) is 0 Å². The average molecular weight is 444 g/mol. The molecule has 0 aromatic carbocycles. The number of thioether (sulfide) groups is 3. The van der Waals surface area contributed by atoms with Crippen molar-refractivity contribution < 1.29 is 29.7 Å². The van der Waals surface area contributed by atoms with E-state index in [9.17, 15) is 29.7 Å². The van der Waals surface area contributed by atoms with Crippen molar-refractivity contribution in [1.82, 2.24) is 0 Å². The van der Waals surface area contributed by atoms with Crippen molar-refractivity contribution in [2.75, 3.05) is 36.0 Å². The van der Waals surface area contributed by atoms with E-state index in [1.54, 1.807) is 18.8 Å². The highest BCUT2D eigenvalue weighted by atomic mass is 32.2. The average Bonchev–Trinajstić information content (AvgIpc) is 2.60. The van der Waals surface area contributed by atoms with Gasteiger partial charge in [-0.15, -0.1) is 0 Å². The largest absolute Gasteiger partial charge is 0.480 e. The molecule has 0 heterocycles. The minimum atomic E-state index is -2.59. The summed E-state index contributed by atoms with van der Waals surface area (Å²) in [5, 5.41) is 29.5. The summed E-state index contributed by atoms with van der Waals surface area (Å²) in [6.07, 6.45) is 4.76. The minimum absolute atomic E-state index is 0.0779. The topological polar surface area (TPSA) is 190 Å². The molecule has 12 heteroatoms. The van der Waals surface area contributed by atoms with Crippen LogP contribution in [0.1, 0.15) is 12.8 Å². The van der Waals surface area contributed by atoms with Crippen LogP contribution in [0.5, 0.6) is 0 Å². The molecule has 0 amide bonds. The number of carbonyl (C=O) groups is 3. The molecule has 0 aromatic heterocycles. The van der Waals surface area contributed by atoms with E-state index < -0.39 is 40.4 Å². The van der Waals surface area contributed by atoms with Gasteiger partial charge in [-0.2, -0.15) is 35.3 Å². The zero-order valence-electron chi connectivity index (χ0n) is 15.6. The molecule has 0 aliphatic heterocycles. The monoisotopic (exact) mass is 443 g/mol. The Labute approximate surface area is 171 Å². The molecular formula is C15H29N3O6S3. The van der Waals surface area contributed by atoms with Crippen LogP contribution in [0.25, 0.3) is 0 Å². The summed E-state index contributed by atoms with van der Waals surface area (Å²) in [6.45, 7) is 0. The summed E-state index contributed by atoms with van der Waals surface area (Å²) in [4.78, 5) is 36.3. The smallest absolute Gasteiger partial charge is 0.326 e. The van der Waals surface area contributed by atoms with Crippen molar-refractivity contribution in [3.8, 4) is 0 Å². The van der Waals surface area contributed by atoms with Crippen LogP contribution in [-0.4, -0.2) is 85.9 Å². The molecule has 0 aromatic rings. The summed E-state index contributed by atoms with van der Waals surface area (Å²) in [5.74, 6) is -5.67. The quantitative estimate of drug-likeness (QED) is 0.208. The Bertz CT molecular complexity index is 555. The highest BCUT2D eigenvalue weighted by Gasteiger charge is 2.66. The summed E-state index contributed by atoms with van der Waals surface area (Å²) in [7, 11) is 0. The first kappa shape index (κ1) is 26.3. The zero-order chi connectivity index (χ0) is 21.5. The van der Waals surface area contributed by atoms with Crippen molar-refractivity contribution >= 4 is 53.2 Å². The Morgan fingerprint density at radius 1 is 0.815 bits per heavy atom. The second-order valence-corrected chi connectivity index (χ2v) is 9.17. The molecule has 9 nitrogen and oxygen atoms in total. The van der Waals surface area contributed by atoms with Crippen LogP contribution in [-0.2, 0) is 14.4 Å². The van der Waals surface area contributed by atoms with Crippen LogP contribution < -0.4 is 17.2 Å². The molecule has 0 radical (unpaired) electrons. The van der Waals surface area contributed by atoms with E-state index in [1.165, 1.54) is 23.5 Å². The van der Waals surface area contributed by atoms with Crippen molar-refractivity contribution in [2.24, 2.45) is 23.1 Å². The van der Waals surface area contributed by atoms with Crippen molar-refractivity contribution in [1.29, 1.82) is 0 Å². The third-order valence-corrected chi connectivity index (χ3v) is 6.69. The van der Waals surface area contributed by atoms with Gasteiger partial charge in [0.15, 0.2) is 0 Å². The summed E-state index contributed by atoms with van der Waals surface area (Å²) in [6, 6.07) is 0. The van der Waals surface area contributed by atoms with E-state index in [0.29, 0.717) is 5.75 Å². The zero-order valence-corrected chi connectivity index (χ0v) is 18.1. The van der Waals surface area contributed by atoms with Crippen LogP contribution in [0, 0.1) is 5.92 Å². The molecule has 0 bridgehead atoms. The van der Waals surface area contributed by atoms with Crippen molar-refractivity contribution in [3.63, 3.8) is 0 Å². The summed E-state index contributed by atoms with van der Waals surface area (Å²) >= 11 is 3.75. The molecular weight excluding hydrogens is 414 g/mol. The predicted octanol–water partition coefficient (Wildman–Crippen LogP) is -0.182. The first-order valence-corrected chi connectivity index (χ1v) is 12.1. The van der Waals surface area contributed by atoms with E-state index in [-0.39, 0.29) is 24.3 Å². The van der Waals surface area contributed by atoms with Gasteiger partial charge in [0.05, 0.1) is 0 Å². The Kier molecular flexibility index (Phi) is 10.5. The molecule has 4 unspecified atom stereocenters. The Morgan fingerprint density at radius 3 is 1.63 bits per heavy atom. The maximum Gasteiger partial charge on any atom is 0.326 e. The van der Waals surface area contributed by atoms with Gasteiger partial charge in [0.2, 0.25) is 0 Å². The number of hydrogen-bond donors (Lipinski definition) is 6. The van der Waals surface area contributed by atoms with E-state index in [4.69, 9.17) is 17.2 Å². The number of carboxylic acids is 3. The lowest BCUT2D eigenvalue weighted by molar-refractivity contribution is -0.165. The number of aliphatic carboxylic acids is 3. The number of rotatable bonds is 14. The fourth-order valence-electron chi connectivity index (χ4n) is 2.96. The highest BCUT2D eigenvalue weighted by molar-refractivity contribution is 7.99. The molecule has 0 spiro atoms. The molecule has 0 saturated carbocycles. The summed E-state index contributed by atoms with van der Waals surface area (Å²) in [5.41, 5.74) is 11.4. The predicted molar refractivity (Wildman–Crippen MR) is 112 cm³/mol. The van der Waals surface area contributed by atoms with Gasteiger partial charge in [-0.3, -0.25) is 14.4 Å². The lowest BCUT2D eigenvalue weighted by atomic mass is 9.61. The molecule has 0 aliphatic rings. The van der Waals surface area contributed by atoms with Crippen LogP contribution >= 0.6 is 35.3 Å². The lowest BCUT2D eigenvalue weighted by Crippen LogP contribution is -2.81. The van der Waals surface area contributed by atoms with E-state index in [0.717, 1.165) is 11.8 Å². The van der Waals surface area contributed by atoms with Crippen LogP contribution in [0.2, 0.25) is 0 Å². The number of carboxylic acid groups (broad SMARTS) is 3. The van der Waals surface area contributed by atoms with E-state index in [2.05, 4.69) is 0 Å². The first-order chi connectivity index (χ1) is 12.4. The lowest BCUT2D eigenvalue weighted by Gasteiger charge is -2.49. The Balaban J connectivity index is 6.66. The standard InChI is InChI=1S/C15H29N3O6S3/c1-25-6-4-13(16,10(19)20)9(8-27-3)15(18,12(23)24)14(17,11(21)22)5-7-26-2/h9H,4-8,16-18H2,1-3H3,(H,19,20)(H,21,22)(H,23,24). The molecule has 0 rings (SSSR count). The maximum absolute atomic E-state index is 12.3. The van der Waals surface area contributed by atoms with Gasteiger partial charge in [0.1, 0.15) is 16.6 Å². The first-order valence-electron chi connectivity index (χ1n) is 7.93. The van der Waals surface area contributed by atoms with Crippen molar-refractivity contribution in [3.05, 3.63) is 0 Å². The number of nitrogens with two attached hydrogens (primary N) is 3. The van der Waals surface area contributed by atoms with Crippen LogP contribution in [0.3, 0.4) is 0 Å². The third kappa shape index (κ3) is 5.24. The third-order valence-electron chi connectivity index (χ3n) is 4.80. The van der Waals surface area contributed by atoms with Gasteiger partial charge in [-0.25, -0.2) is 0 Å². The van der Waals surface area contributed by atoms with Gasteiger partial charge in [0, 0.05) is 11.7 Å². The Hall–Kier alpha value is -0.660. The molecule has 27 heavy (non-hydrogen) atoms. The molecule has 9 N–H and O–H groups in total. The second kappa shape index (κ2) is 10.8. The fraction of sp³-hybridized carbons (Fsp3) is 0.800. The minimum Gasteiger partial charge on any atom is -0.480 e.